The molecule has 138 valence electrons. The molecule has 0 radical (unpaired) electrons. The Morgan fingerprint density at radius 2 is 2.12 bits per heavy atom. The summed E-state index contributed by atoms with van der Waals surface area (Å²) in [6, 6.07) is 3.90. The summed E-state index contributed by atoms with van der Waals surface area (Å²) in [5, 5.41) is 6.55. The molecule has 1 heterocycles. The largest absolute Gasteiger partial charge is 0.478 e. The van der Waals surface area contributed by atoms with E-state index in [2.05, 4.69) is 34.5 Å². The quantitative estimate of drug-likeness (QED) is 0.248. The number of nitrogens with one attached hydrogen (secondary N) is 2. The lowest BCUT2D eigenvalue weighted by atomic mass is 10.2. The molecule has 1 aromatic heterocycles. The van der Waals surface area contributed by atoms with Gasteiger partial charge in [-0.3, -0.25) is 4.99 Å². The van der Waals surface area contributed by atoms with Gasteiger partial charge in [-0.15, -0.1) is 24.0 Å². The zero-order valence-electron chi connectivity index (χ0n) is 15.2. The van der Waals surface area contributed by atoms with Gasteiger partial charge in [0.15, 0.2) is 5.96 Å². The molecule has 0 aliphatic carbocycles. The van der Waals surface area contributed by atoms with E-state index >= 15 is 0 Å². The number of halogens is 1. The first-order valence-corrected chi connectivity index (χ1v) is 8.26. The molecule has 2 N–H and O–H groups in total. The summed E-state index contributed by atoms with van der Waals surface area (Å²) < 4.78 is 11.1. The van der Waals surface area contributed by atoms with E-state index in [4.69, 9.17) is 9.47 Å². The number of pyridine rings is 1. The minimum absolute atomic E-state index is 0. The van der Waals surface area contributed by atoms with Crippen LogP contribution in [0, 0.1) is 5.92 Å². The van der Waals surface area contributed by atoms with Gasteiger partial charge in [-0.2, -0.15) is 0 Å². The van der Waals surface area contributed by atoms with Gasteiger partial charge in [-0.05, 0) is 25.3 Å². The first kappa shape index (κ1) is 22.9. The fourth-order valence-corrected chi connectivity index (χ4v) is 1.92. The van der Waals surface area contributed by atoms with Crippen molar-refractivity contribution in [1.82, 2.24) is 15.6 Å². The summed E-state index contributed by atoms with van der Waals surface area (Å²) in [4.78, 5) is 8.46. The maximum absolute atomic E-state index is 5.56. The Bertz CT molecular complexity index is 470. The number of guanidine groups is 1. The van der Waals surface area contributed by atoms with Crippen LogP contribution in [-0.4, -0.2) is 44.4 Å². The van der Waals surface area contributed by atoms with Gasteiger partial charge < -0.3 is 20.1 Å². The number of hydrogen-bond acceptors (Lipinski definition) is 4. The summed E-state index contributed by atoms with van der Waals surface area (Å²) in [5.74, 6) is 2.01. The third-order valence-electron chi connectivity index (χ3n) is 3.01. The maximum Gasteiger partial charge on any atom is 0.218 e. The molecule has 1 aromatic rings. The van der Waals surface area contributed by atoms with Crippen molar-refractivity contribution in [2.45, 2.75) is 33.7 Å². The highest BCUT2D eigenvalue weighted by Crippen LogP contribution is 2.13. The Labute approximate surface area is 162 Å². The lowest BCUT2D eigenvalue weighted by molar-refractivity contribution is 0.108. The normalized spacial score (nSPS) is 11.1. The van der Waals surface area contributed by atoms with E-state index in [1.807, 2.05) is 19.1 Å². The van der Waals surface area contributed by atoms with Crippen LogP contribution in [0.2, 0.25) is 0 Å². The first-order chi connectivity index (χ1) is 11.2. The van der Waals surface area contributed by atoms with Gasteiger partial charge in [-0.1, -0.05) is 19.9 Å². The molecule has 0 atom stereocenters. The lowest BCUT2D eigenvalue weighted by Crippen LogP contribution is -2.37. The van der Waals surface area contributed by atoms with E-state index < -0.39 is 0 Å². The molecule has 6 nitrogen and oxygen atoms in total. The molecule has 0 aliphatic rings. The van der Waals surface area contributed by atoms with Crippen LogP contribution < -0.4 is 15.4 Å². The molecule has 0 amide bonds. The molecule has 0 unspecified atom stereocenters. The van der Waals surface area contributed by atoms with Crippen LogP contribution in [0.1, 0.15) is 32.8 Å². The number of rotatable bonds is 10. The zero-order chi connectivity index (χ0) is 16.9. The summed E-state index contributed by atoms with van der Waals surface area (Å²) >= 11 is 0. The van der Waals surface area contributed by atoms with Crippen molar-refractivity contribution in [3.8, 4) is 5.88 Å². The van der Waals surface area contributed by atoms with E-state index in [0.29, 0.717) is 24.9 Å². The molecule has 0 bridgehead atoms. The number of aliphatic imine (C=N–C) groups is 1. The van der Waals surface area contributed by atoms with Crippen molar-refractivity contribution >= 4 is 29.9 Å². The molecule has 24 heavy (non-hydrogen) atoms. The molecular weight excluding hydrogens is 419 g/mol. The number of hydrogen-bond donors (Lipinski definition) is 2. The Kier molecular flexibility index (Phi) is 13.6. The highest BCUT2D eigenvalue weighted by atomic mass is 127. The first-order valence-electron chi connectivity index (χ1n) is 8.26. The van der Waals surface area contributed by atoms with E-state index in [1.165, 1.54) is 0 Å². The van der Waals surface area contributed by atoms with Gasteiger partial charge >= 0.3 is 0 Å². The standard InChI is InChI=1S/C17H30N4O2.HI/c1-5-23-16-15(8-6-9-19-16)12-21-17(18-4)20-10-7-11-22-13-14(2)3;/h6,8-9,14H,5,7,10-13H2,1-4H3,(H2,18,20,21);1H. The van der Waals surface area contributed by atoms with Gasteiger partial charge in [-0.25, -0.2) is 4.98 Å². The van der Waals surface area contributed by atoms with E-state index in [-0.39, 0.29) is 24.0 Å². The van der Waals surface area contributed by atoms with Crippen LogP contribution in [0.25, 0.3) is 0 Å². The SMILES string of the molecule is CCOc1ncccc1CNC(=NC)NCCCOCC(C)C.I. The van der Waals surface area contributed by atoms with E-state index in [0.717, 1.165) is 37.7 Å². The van der Waals surface area contributed by atoms with Crippen LogP contribution in [0.15, 0.2) is 23.3 Å². The Morgan fingerprint density at radius 3 is 2.79 bits per heavy atom. The monoisotopic (exact) mass is 450 g/mol. The molecular formula is C17H31IN4O2. The Morgan fingerprint density at radius 1 is 1.33 bits per heavy atom. The molecule has 0 aromatic carbocycles. The molecule has 1 rings (SSSR count). The number of aromatic nitrogens is 1. The third kappa shape index (κ3) is 9.92. The van der Waals surface area contributed by atoms with E-state index in [9.17, 15) is 0 Å². The van der Waals surface area contributed by atoms with Crippen molar-refractivity contribution < 1.29 is 9.47 Å². The van der Waals surface area contributed by atoms with Crippen LogP contribution in [-0.2, 0) is 11.3 Å². The van der Waals surface area contributed by atoms with Crippen molar-refractivity contribution in [1.29, 1.82) is 0 Å². The minimum Gasteiger partial charge on any atom is -0.478 e. The average molecular weight is 450 g/mol. The summed E-state index contributed by atoms with van der Waals surface area (Å²) in [7, 11) is 1.76. The van der Waals surface area contributed by atoms with Crippen LogP contribution >= 0.6 is 24.0 Å². The van der Waals surface area contributed by atoms with Gasteiger partial charge in [0.25, 0.3) is 0 Å². The second kappa shape index (κ2) is 14.3. The Hall–Kier alpha value is -1.09. The minimum atomic E-state index is 0. The smallest absolute Gasteiger partial charge is 0.218 e. The number of ether oxygens (including phenoxy) is 2. The lowest BCUT2D eigenvalue weighted by Gasteiger charge is -2.14. The maximum atomic E-state index is 5.56. The highest BCUT2D eigenvalue weighted by Gasteiger charge is 2.05. The number of nitrogens with zero attached hydrogens (tertiary/aromatic N) is 2. The van der Waals surface area contributed by atoms with Crippen molar-refractivity contribution in [2.75, 3.05) is 33.4 Å². The van der Waals surface area contributed by atoms with Gasteiger partial charge in [0.05, 0.1) is 6.61 Å². The third-order valence-corrected chi connectivity index (χ3v) is 3.01. The van der Waals surface area contributed by atoms with Crippen LogP contribution in [0.5, 0.6) is 5.88 Å². The van der Waals surface area contributed by atoms with Gasteiger partial charge in [0, 0.05) is 45.1 Å². The molecule has 0 fully saturated rings. The van der Waals surface area contributed by atoms with Gasteiger partial charge in [0.2, 0.25) is 5.88 Å². The predicted octanol–water partition coefficient (Wildman–Crippen LogP) is 2.83. The van der Waals surface area contributed by atoms with Crippen molar-refractivity contribution in [3.63, 3.8) is 0 Å². The summed E-state index contributed by atoms with van der Waals surface area (Å²) in [6.45, 7) is 9.88. The van der Waals surface area contributed by atoms with Gasteiger partial charge in [0.1, 0.15) is 0 Å². The fourth-order valence-electron chi connectivity index (χ4n) is 1.92. The molecule has 0 aliphatic heterocycles. The predicted molar refractivity (Wildman–Crippen MR) is 109 cm³/mol. The fraction of sp³-hybridized carbons (Fsp3) is 0.647. The second-order valence-corrected chi connectivity index (χ2v) is 5.58. The van der Waals surface area contributed by atoms with Crippen LogP contribution in [0.4, 0.5) is 0 Å². The van der Waals surface area contributed by atoms with Crippen molar-refractivity contribution in [3.05, 3.63) is 23.9 Å². The van der Waals surface area contributed by atoms with E-state index in [1.54, 1.807) is 13.2 Å². The molecule has 7 heteroatoms. The summed E-state index contributed by atoms with van der Waals surface area (Å²) in [6.07, 6.45) is 2.68. The Balaban J connectivity index is 0.00000529. The topological polar surface area (TPSA) is 67.8 Å². The highest BCUT2D eigenvalue weighted by molar-refractivity contribution is 14.0. The zero-order valence-corrected chi connectivity index (χ0v) is 17.5. The average Bonchev–Trinajstić information content (AvgIpc) is 2.54. The summed E-state index contributed by atoms with van der Waals surface area (Å²) in [5.41, 5.74) is 1.01. The second-order valence-electron chi connectivity index (χ2n) is 5.58. The van der Waals surface area contributed by atoms with Crippen molar-refractivity contribution in [2.24, 2.45) is 10.9 Å². The molecule has 0 spiro atoms. The van der Waals surface area contributed by atoms with Crippen LogP contribution in [0.3, 0.4) is 0 Å². The molecule has 0 saturated carbocycles. The molecule has 0 saturated heterocycles.